The van der Waals surface area contributed by atoms with Gasteiger partial charge in [-0.15, -0.1) is 11.3 Å². The predicted octanol–water partition coefficient (Wildman–Crippen LogP) is 3.20. The summed E-state index contributed by atoms with van der Waals surface area (Å²) in [6, 6.07) is 7.70. The molecule has 0 radical (unpaired) electrons. The van der Waals surface area contributed by atoms with Crippen LogP contribution in [0.2, 0.25) is 0 Å². The molecule has 0 aromatic carbocycles. The van der Waals surface area contributed by atoms with Crippen molar-refractivity contribution in [3.05, 3.63) is 45.8 Å². The minimum Gasteiger partial charge on any atom is -0.373 e. The van der Waals surface area contributed by atoms with E-state index < -0.39 is 0 Å². The monoisotopic (exact) mass is 303 g/mol. The molecule has 5 heteroatoms. The summed E-state index contributed by atoms with van der Waals surface area (Å²) in [4.78, 5) is 17.9. The smallest absolute Gasteiger partial charge is 0.251 e. The molecule has 0 spiro atoms. The number of nitrogens with zero attached hydrogens (tertiary/aromatic N) is 1. The van der Waals surface area contributed by atoms with E-state index in [0.29, 0.717) is 17.9 Å². The lowest BCUT2D eigenvalue weighted by Gasteiger charge is -2.23. The maximum absolute atomic E-state index is 12.3. The van der Waals surface area contributed by atoms with Gasteiger partial charge in [0.2, 0.25) is 0 Å². The van der Waals surface area contributed by atoms with E-state index in [0.717, 1.165) is 5.69 Å². The van der Waals surface area contributed by atoms with E-state index in [1.165, 1.54) is 4.88 Å². The highest BCUT2D eigenvalue weighted by Crippen LogP contribution is 2.26. The van der Waals surface area contributed by atoms with Gasteiger partial charge in [0.25, 0.3) is 5.91 Å². The van der Waals surface area contributed by atoms with Gasteiger partial charge in [0.05, 0.1) is 0 Å². The lowest BCUT2D eigenvalue weighted by Crippen LogP contribution is -2.36. The van der Waals surface area contributed by atoms with Crippen molar-refractivity contribution in [3.8, 4) is 0 Å². The van der Waals surface area contributed by atoms with Crippen molar-refractivity contribution in [1.29, 1.82) is 0 Å². The van der Waals surface area contributed by atoms with E-state index in [1.54, 1.807) is 30.5 Å². The standard InChI is InChI=1S/C16H21N3OS/c1-11-8-12(9-14(17-4)19-11)15(20)18-10-16(2,3)13-6-5-7-21-13/h5-9H,10H2,1-4H3,(H,17,19)(H,18,20). The molecule has 2 aromatic rings. The molecular weight excluding hydrogens is 282 g/mol. The first-order valence-electron chi connectivity index (χ1n) is 6.91. The van der Waals surface area contributed by atoms with Crippen molar-refractivity contribution < 1.29 is 4.79 Å². The molecule has 0 atom stereocenters. The van der Waals surface area contributed by atoms with Gasteiger partial charge in [-0.1, -0.05) is 19.9 Å². The van der Waals surface area contributed by atoms with Crippen molar-refractivity contribution >= 4 is 23.1 Å². The first-order chi connectivity index (χ1) is 9.92. The van der Waals surface area contributed by atoms with Crippen molar-refractivity contribution in [3.63, 3.8) is 0 Å². The molecule has 0 aliphatic rings. The maximum Gasteiger partial charge on any atom is 0.251 e. The Balaban J connectivity index is 2.07. The summed E-state index contributed by atoms with van der Waals surface area (Å²) in [5.41, 5.74) is 1.39. The lowest BCUT2D eigenvalue weighted by atomic mass is 9.91. The second-order valence-corrected chi connectivity index (χ2v) is 6.62. The average molecular weight is 303 g/mol. The fourth-order valence-corrected chi connectivity index (χ4v) is 2.93. The number of hydrogen-bond acceptors (Lipinski definition) is 4. The topological polar surface area (TPSA) is 54.0 Å². The molecule has 0 aliphatic heterocycles. The third kappa shape index (κ3) is 3.82. The fourth-order valence-electron chi connectivity index (χ4n) is 2.08. The number of carbonyl (C=O) groups is 1. The SMILES string of the molecule is CNc1cc(C(=O)NCC(C)(C)c2cccs2)cc(C)n1. The molecule has 112 valence electrons. The second kappa shape index (κ2) is 6.26. The van der Waals surface area contributed by atoms with Gasteiger partial charge in [-0.05, 0) is 30.5 Å². The highest BCUT2D eigenvalue weighted by Gasteiger charge is 2.22. The van der Waals surface area contributed by atoms with E-state index >= 15 is 0 Å². The Morgan fingerprint density at radius 3 is 2.76 bits per heavy atom. The molecular formula is C16H21N3OS. The molecule has 0 saturated carbocycles. The minimum atomic E-state index is -0.0717. The molecule has 0 saturated heterocycles. The summed E-state index contributed by atoms with van der Waals surface area (Å²) in [6.45, 7) is 6.75. The van der Waals surface area contributed by atoms with Crippen LogP contribution in [0.5, 0.6) is 0 Å². The molecule has 1 amide bonds. The minimum absolute atomic E-state index is 0.0679. The number of thiophene rings is 1. The number of carbonyl (C=O) groups excluding carboxylic acids is 1. The van der Waals surface area contributed by atoms with Gasteiger partial charge in [0.15, 0.2) is 0 Å². The van der Waals surface area contributed by atoms with Gasteiger partial charge in [0.1, 0.15) is 5.82 Å². The fraction of sp³-hybridized carbons (Fsp3) is 0.375. The Kier molecular flexibility index (Phi) is 4.63. The molecule has 2 heterocycles. The second-order valence-electron chi connectivity index (χ2n) is 5.68. The van der Waals surface area contributed by atoms with Crippen LogP contribution in [0.25, 0.3) is 0 Å². The van der Waals surface area contributed by atoms with Crippen molar-refractivity contribution in [2.24, 2.45) is 0 Å². The van der Waals surface area contributed by atoms with E-state index in [2.05, 4.69) is 40.9 Å². The van der Waals surface area contributed by atoms with Crippen LogP contribution in [-0.2, 0) is 5.41 Å². The summed E-state index contributed by atoms with van der Waals surface area (Å²) in [7, 11) is 1.80. The van der Waals surface area contributed by atoms with Crippen LogP contribution in [0.15, 0.2) is 29.6 Å². The third-order valence-electron chi connectivity index (χ3n) is 3.35. The Morgan fingerprint density at radius 1 is 1.38 bits per heavy atom. The van der Waals surface area contributed by atoms with Gasteiger partial charge in [0, 0.05) is 35.1 Å². The number of anilines is 1. The molecule has 2 aromatic heterocycles. The van der Waals surface area contributed by atoms with Gasteiger partial charge in [-0.3, -0.25) is 4.79 Å². The van der Waals surface area contributed by atoms with Crippen LogP contribution in [-0.4, -0.2) is 24.5 Å². The van der Waals surface area contributed by atoms with E-state index in [9.17, 15) is 4.79 Å². The molecule has 2 N–H and O–H groups in total. The zero-order chi connectivity index (χ0) is 15.5. The molecule has 0 bridgehead atoms. The summed E-state index contributed by atoms with van der Waals surface area (Å²) in [5, 5.41) is 8.05. The Labute approximate surface area is 129 Å². The van der Waals surface area contributed by atoms with Crippen LogP contribution in [0.3, 0.4) is 0 Å². The number of aryl methyl sites for hydroxylation is 1. The highest BCUT2D eigenvalue weighted by atomic mass is 32.1. The van der Waals surface area contributed by atoms with Gasteiger partial charge in [-0.25, -0.2) is 4.98 Å². The molecule has 4 nitrogen and oxygen atoms in total. The van der Waals surface area contributed by atoms with Crippen LogP contribution in [0.1, 0.15) is 34.8 Å². The van der Waals surface area contributed by atoms with Gasteiger partial charge in [-0.2, -0.15) is 0 Å². The number of pyridine rings is 1. The average Bonchev–Trinajstić information content (AvgIpc) is 2.99. The predicted molar refractivity (Wildman–Crippen MR) is 88.2 cm³/mol. The summed E-state index contributed by atoms with van der Waals surface area (Å²) >= 11 is 1.71. The Hall–Kier alpha value is -1.88. The number of hydrogen-bond donors (Lipinski definition) is 2. The maximum atomic E-state index is 12.3. The molecule has 0 aliphatic carbocycles. The van der Waals surface area contributed by atoms with Crippen molar-refractivity contribution in [2.45, 2.75) is 26.2 Å². The Morgan fingerprint density at radius 2 is 2.14 bits per heavy atom. The molecule has 21 heavy (non-hydrogen) atoms. The lowest BCUT2D eigenvalue weighted by molar-refractivity contribution is 0.0945. The normalized spacial score (nSPS) is 11.2. The van der Waals surface area contributed by atoms with E-state index in [-0.39, 0.29) is 11.3 Å². The van der Waals surface area contributed by atoms with Gasteiger partial charge >= 0.3 is 0 Å². The number of aromatic nitrogens is 1. The number of rotatable bonds is 5. The van der Waals surface area contributed by atoms with Gasteiger partial charge < -0.3 is 10.6 Å². The summed E-state index contributed by atoms with van der Waals surface area (Å²) in [5.74, 6) is 0.638. The van der Waals surface area contributed by atoms with Crippen LogP contribution >= 0.6 is 11.3 Å². The number of nitrogens with one attached hydrogen (secondary N) is 2. The Bertz CT molecular complexity index is 620. The van der Waals surface area contributed by atoms with E-state index in [4.69, 9.17) is 0 Å². The molecule has 2 rings (SSSR count). The van der Waals surface area contributed by atoms with Crippen LogP contribution in [0.4, 0.5) is 5.82 Å². The van der Waals surface area contributed by atoms with Crippen LogP contribution in [0, 0.1) is 6.92 Å². The highest BCUT2D eigenvalue weighted by molar-refractivity contribution is 7.10. The van der Waals surface area contributed by atoms with Crippen molar-refractivity contribution in [1.82, 2.24) is 10.3 Å². The summed E-state index contributed by atoms with van der Waals surface area (Å²) < 4.78 is 0. The molecule has 0 fully saturated rings. The zero-order valence-corrected chi connectivity index (χ0v) is 13.7. The first kappa shape index (κ1) is 15.5. The summed E-state index contributed by atoms with van der Waals surface area (Å²) in [6.07, 6.45) is 0. The zero-order valence-electron chi connectivity index (χ0n) is 12.9. The third-order valence-corrected chi connectivity index (χ3v) is 4.59. The van der Waals surface area contributed by atoms with E-state index in [1.807, 2.05) is 13.0 Å². The largest absolute Gasteiger partial charge is 0.373 e. The molecule has 0 unspecified atom stereocenters. The first-order valence-corrected chi connectivity index (χ1v) is 7.79. The van der Waals surface area contributed by atoms with Crippen LogP contribution < -0.4 is 10.6 Å². The quantitative estimate of drug-likeness (QED) is 0.892. The number of amides is 1. The van der Waals surface area contributed by atoms with Crippen molar-refractivity contribution in [2.75, 3.05) is 18.9 Å².